The third kappa shape index (κ3) is 5.35. The summed E-state index contributed by atoms with van der Waals surface area (Å²) >= 11 is 6.37. The Morgan fingerprint density at radius 1 is 1.73 bits per heavy atom. The molecule has 0 fully saturated rings. The summed E-state index contributed by atoms with van der Waals surface area (Å²) in [6, 6.07) is 0. The molecule has 0 aliphatic carbocycles. The van der Waals surface area contributed by atoms with E-state index in [-0.39, 0.29) is 10.6 Å². The molecule has 5 heteroatoms. The summed E-state index contributed by atoms with van der Waals surface area (Å²) in [6.07, 6.45) is 0. The molecule has 0 aliphatic rings. The molecule has 0 amide bonds. The first-order valence-electron chi connectivity index (χ1n) is 3.11. The van der Waals surface area contributed by atoms with Crippen LogP contribution < -0.4 is 5.14 Å². The molecular weight excluding hydrogens is 186 g/mol. The highest BCUT2D eigenvalue weighted by molar-refractivity contribution is 7.98. The van der Waals surface area contributed by atoms with E-state index in [0.29, 0.717) is 6.61 Å². The van der Waals surface area contributed by atoms with Crippen molar-refractivity contribution in [3.8, 4) is 0 Å². The maximum absolute atomic E-state index is 10.6. The lowest BCUT2D eigenvalue weighted by molar-refractivity contribution is -0.141. The Labute approximate surface area is 75.7 Å². The number of carbonyl (C=O) groups excluding carboxylic acids is 1. The summed E-state index contributed by atoms with van der Waals surface area (Å²) in [5.74, 6) is -0.514. The second-order valence-electron chi connectivity index (χ2n) is 2.67. The Kier molecular flexibility index (Phi) is 4.88. The van der Waals surface area contributed by atoms with Gasteiger partial charge in [0.15, 0.2) is 0 Å². The van der Waals surface area contributed by atoms with Gasteiger partial charge in [0, 0.05) is 0 Å². The molecule has 11 heavy (non-hydrogen) atoms. The van der Waals surface area contributed by atoms with Crippen LogP contribution in [0.2, 0.25) is 0 Å². The highest BCUT2D eigenvalue weighted by Gasteiger charge is 2.18. The van der Waals surface area contributed by atoms with E-state index in [1.165, 1.54) is 0 Å². The quantitative estimate of drug-likeness (QED) is 0.418. The largest absolute Gasteiger partial charge is 0.463 e. The predicted molar refractivity (Wildman–Crippen MR) is 47.5 cm³/mol. The van der Waals surface area contributed by atoms with Gasteiger partial charge in [-0.15, -0.1) is 11.6 Å². The highest BCUT2D eigenvalue weighted by atomic mass is 35.5. The monoisotopic (exact) mass is 197 g/mol. The second-order valence-corrected chi connectivity index (χ2v) is 4.28. The fourth-order valence-corrected chi connectivity index (χ4v) is 0.531. The van der Waals surface area contributed by atoms with Crippen molar-refractivity contribution in [3.63, 3.8) is 0 Å². The van der Waals surface area contributed by atoms with Gasteiger partial charge in [0.2, 0.25) is 0 Å². The lowest BCUT2D eigenvalue weighted by Crippen LogP contribution is -2.27. The van der Waals surface area contributed by atoms with Crippen LogP contribution >= 0.6 is 23.5 Å². The molecule has 3 nitrogen and oxygen atoms in total. The average molecular weight is 198 g/mol. The molecule has 2 N–H and O–H groups in total. The average Bonchev–Trinajstić information content (AvgIpc) is 2.00. The van der Waals surface area contributed by atoms with Crippen LogP contribution in [0.4, 0.5) is 0 Å². The second kappa shape index (κ2) is 4.85. The Morgan fingerprint density at radius 2 is 2.27 bits per heavy atom. The molecule has 0 bridgehead atoms. The molecule has 0 spiro atoms. The molecule has 0 unspecified atom stereocenters. The van der Waals surface area contributed by atoms with Crippen LogP contribution in [0, 0.1) is 0 Å². The summed E-state index contributed by atoms with van der Waals surface area (Å²) in [5, 5.41) is 5.33. The fraction of sp³-hybridized carbons (Fsp3) is 0.833. The zero-order valence-electron chi connectivity index (χ0n) is 6.59. The van der Waals surface area contributed by atoms with Crippen molar-refractivity contribution in [1.82, 2.24) is 0 Å². The molecule has 0 aromatic rings. The van der Waals surface area contributed by atoms with Crippen LogP contribution in [-0.4, -0.2) is 23.2 Å². The van der Waals surface area contributed by atoms with Gasteiger partial charge in [-0.2, -0.15) is 0 Å². The van der Waals surface area contributed by atoms with E-state index < -0.39 is 5.97 Å². The van der Waals surface area contributed by atoms with Crippen LogP contribution in [0.5, 0.6) is 0 Å². The lowest BCUT2D eigenvalue weighted by Gasteiger charge is -2.19. The SMILES string of the molecule is CC(C)(COC(=O)CCl)SN. The van der Waals surface area contributed by atoms with Crippen molar-refractivity contribution >= 4 is 29.5 Å². The first-order valence-corrected chi connectivity index (χ1v) is 4.53. The molecule has 0 saturated carbocycles. The van der Waals surface area contributed by atoms with E-state index >= 15 is 0 Å². The summed E-state index contributed by atoms with van der Waals surface area (Å²) in [7, 11) is 0. The van der Waals surface area contributed by atoms with Gasteiger partial charge in [-0.3, -0.25) is 9.93 Å². The number of nitrogens with two attached hydrogens (primary N) is 1. The van der Waals surface area contributed by atoms with Crippen LogP contribution in [0.25, 0.3) is 0 Å². The topological polar surface area (TPSA) is 52.3 Å². The Bertz CT molecular complexity index is 141. The van der Waals surface area contributed by atoms with Crippen molar-refractivity contribution in [2.24, 2.45) is 5.14 Å². The van der Waals surface area contributed by atoms with Crippen LogP contribution in [0.15, 0.2) is 0 Å². The van der Waals surface area contributed by atoms with Crippen molar-refractivity contribution < 1.29 is 9.53 Å². The third-order valence-electron chi connectivity index (χ3n) is 1.01. The normalized spacial score (nSPS) is 11.3. The number of esters is 1. The maximum Gasteiger partial charge on any atom is 0.320 e. The van der Waals surface area contributed by atoms with Gasteiger partial charge in [0.05, 0.1) is 4.75 Å². The number of hydrogen-bond donors (Lipinski definition) is 1. The number of carbonyl (C=O) groups is 1. The van der Waals surface area contributed by atoms with Gasteiger partial charge < -0.3 is 4.74 Å². The van der Waals surface area contributed by atoms with Crippen molar-refractivity contribution in [2.75, 3.05) is 12.5 Å². The molecule has 0 aromatic heterocycles. The van der Waals surface area contributed by atoms with Crippen LogP contribution in [0.1, 0.15) is 13.8 Å². The van der Waals surface area contributed by atoms with Gasteiger partial charge >= 0.3 is 5.97 Å². The van der Waals surface area contributed by atoms with E-state index in [0.717, 1.165) is 11.9 Å². The zero-order valence-corrected chi connectivity index (χ0v) is 8.17. The van der Waals surface area contributed by atoms with Gasteiger partial charge in [-0.1, -0.05) is 11.9 Å². The highest BCUT2D eigenvalue weighted by Crippen LogP contribution is 2.18. The number of hydrogen-bond acceptors (Lipinski definition) is 4. The molecule has 0 saturated heterocycles. The first-order chi connectivity index (χ1) is 5.02. The molecule has 0 heterocycles. The summed E-state index contributed by atoms with van der Waals surface area (Å²) < 4.78 is 4.54. The molecule has 0 atom stereocenters. The third-order valence-corrected chi connectivity index (χ3v) is 1.98. The van der Waals surface area contributed by atoms with Gasteiger partial charge in [0.25, 0.3) is 0 Å². The Hall–Kier alpha value is 0.0700. The summed E-state index contributed by atoms with van der Waals surface area (Å²) in [5.41, 5.74) is 0. The van der Waals surface area contributed by atoms with E-state index in [2.05, 4.69) is 0 Å². The number of alkyl halides is 1. The lowest BCUT2D eigenvalue weighted by atomic mass is 10.2. The molecule has 0 rings (SSSR count). The van der Waals surface area contributed by atoms with Gasteiger partial charge in [-0.25, -0.2) is 0 Å². The molecular formula is C6H12ClNO2S. The Morgan fingerprint density at radius 3 is 2.64 bits per heavy atom. The molecule has 66 valence electrons. The van der Waals surface area contributed by atoms with Crippen LogP contribution in [0.3, 0.4) is 0 Å². The Balaban J connectivity index is 3.61. The van der Waals surface area contributed by atoms with Crippen LogP contribution in [-0.2, 0) is 9.53 Å². The van der Waals surface area contributed by atoms with Gasteiger partial charge in [0.1, 0.15) is 12.5 Å². The standard InChI is InChI=1S/C6H12ClNO2S/c1-6(2,11-8)4-10-5(9)3-7/h3-4,8H2,1-2H3. The van der Waals surface area contributed by atoms with E-state index in [4.69, 9.17) is 21.5 Å². The first kappa shape index (κ1) is 11.1. The minimum Gasteiger partial charge on any atom is -0.463 e. The number of rotatable bonds is 4. The molecule has 0 radical (unpaired) electrons. The van der Waals surface area contributed by atoms with E-state index in [1.807, 2.05) is 13.8 Å². The van der Waals surface area contributed by atoms with E-state index in [1.54, 1.807) is 0 Å². The number of halogens is 1. The maximum atomic E-state index is 10.6. The molecule has 0 aliphatic heterocycles. The van der Waals surface area contributed by atoms with Gasteiger partial charge in [-0.05, 0) is 13.8 Å². The fourth-order valence-electron chi connectivity index (χ4n) is 0.327. The minimum atomic E-state index is -0.409. The predicted octanol–water partition coefficient (Wildman–Crippen LogP) is 1.15. The number of ether oxygens (including phenoxy) is 1. The zero-order chi connectivity index (χ0) is 8.91. The smallest absolute Gasteiger partial charge is 0.320 e. The minimum absolute atomic E-state index is 0.106. The van der Waals surface area contributed by atoms with Crippen molar-refractivity contribution in [3.05, 3.63) is 0 Å². The van der Waals surface area contributed by atoms with Crippen molar-refractivity contribution in [2.45, 2.75) is 18.6 Å². The van der Waals surface area contributed by atoms with E-state index in [9.17, 15) is 4.79 Å². The summed E-state index contributed by atoms with van der Waals surface area (Å²) in [4.78, 5) is 10.6. The van der Waals surface area contributed by atoms with Crippen molar-refractivity contribution in [1.29, 1.82) is 0 Å². The summed E-state index contributed by atoms with van der Waals surface area (Å²) in [6.45, 7) is 4.07. The molecule has 0 aromatic carbocycles.